The van der Waals surface area contributed by atoms with E-state index in [9.17, 15) is 17.2 Å². The Hall–Kier alpha value is -3.57. The van der Waals surface area contributed by atoms with Gasteiger partial charge in [0.2, 0.25) is 0 Å². The second kappa shape index (κ2) is 11.5. The Bertz CT molecular complexity index is 1640. The standard InChI is InChI=1S/C28H27ClF2N2O6S/c1-36-20-9-7-18(24(12-20)37-2)15-33(40(34,35)27-10-8-19(30)11-23(27)31)28-21-13-22(29)26(14-25(21)39-32-28)38-16-17-5-3-4-6-17/h7-14,17H,3-6,15-16H2,1-2H3. The molecule has 5 rings (SSSR count). The van der Waals surface area contributed by atoms with Gasteiger partial charge in [-0.1, -0.05) is 29.6 Å². The molecule has 1 heterocycles. The first-order valence-electron chi connectivity index (χ1n) is 12.6. The number of methoxy groups -OCH3 is 2. The number of rotatable bonds is 10. The van der Waals surface area contributed by atoms with Crippen molar-refractivity contribution in [2.45, 2.75) is 37.1 Å². The molecule has 0 spiro atoms. The molecule has 1 aliphatic rings. The normalized spacial score (nSPS) is 14.0. The van der Waals surface area contributed by atoms with Crippen LogP contribution in [0.1, 0.15) is 31.2 Å². The van der Waals surface area contributed by atoms with Gasteiger partial charge in [-0.2, -0.15) is 0 Å². The van der Waals surface area contributed by atoms with Crippen molar-refractivity contribution in [2.24, 2.45) is 5.92 Å². The van der Waals surface area contributed by atoms with Crippen molar-refractivity contribution in [3.05, 3.63) is 70.8 Å². The average Bonchev–Trinajstić information content (AvgIpc) is 3.60. The van der Waals surface area contributed by atoms with Crippen LogP contribution in [0.4, 0.5) is 14.6 Å². The highest BCUT2D eigenvalue weighted by Crippen LogP contribution is 2.39. The summed E-state index contributed by atoms with van der Waals surface area (Å²) in [6, 6.07) is 10.1. The lowest BCUT2D eigenvalue weighted by atomic mass is 10.1. The van der Waals surface area contributed by atoms with E-state index in [1.54, 1.807) is 24.3 Å². The molecule has 212 valence electrons. The number of fused-ring (bicyclic) bond motifs is 1. The van der Waals surface area contributed by atoms with Gasteiger partial charge in [0.05, 0.1) is 37.8 Å². The van der Waals surface area contributed by atoms with Crippen LogP contribution >= 0.6 is 11.6 Å². The lowest BCUT2D eigenvalue weighted by Gasteiger charge is -2.23. The number of anilines is 1. The summed E-state index contributed by atoms with van der Waals surface area (Å²) >= 11 is 6.54. The van der Waals surface area contributed by atoms with Crippen LogP contribution in [0.2, 0.25) is 5.02 Å². The zero-order chi connectivity index (χ0) is 28.4. The van der Waals surface area contributed by atoms with Gasteiger partial charge in [-0.25, -0.2) is 21.5 Å². The van der Waals surface area contributed by atoms with E-state index in [-0.39, 0.29) is 28.4 Å². The van der Waals surface area contributed by atoms with E-state index in [2.05, 4.69) is 5.16 Å². The fourth-order valence-electron chi connectivity index (χ4n) is 4.82. The molecule has 0 aliphatic heterocycles. The van der Waals surface area contributed by atoms with E-state index in [0.717, 1.165) is 29.3 Å². The Morgan fingerprint density at radius 3 is 2.50 bits per heavy atom. The molecule has 3 aromatic carbocycles. The lowest BCUT2D eigenvalue weighted by molar-refractivity contribution is 0.252. The van der Waals surface area contributed by atoms with Crippen molar-refractivity contribution >= 4 is 38.4 Å². The SMILES string of the molecule is COc1ccc(CN(c2noc3cc(OCC4CCCC4)c(Cl)cc23)S(=O)(=O)c2ccc(F)cc2F)c(OC)c1. The van der Waals surface area contributed by atoms with Crippen LogP contribution < -0.4 is 18.5 Å². The van der Waals surface area contributed by atoms with E-state index < -0.39 is 26.6 Å². The Morgan fingerprint density at radius 2 is 1.80 bits per heavy atom. The maximum absolute atomic E-state index is 14.8. The Kier molecular flexibility index (Phi) is 8.04. The van der Waals surface area contributed by atoms with E-state index in [4.69, 9.17) is 30.3 Å². The van der Waals surface area contributed by atoms with E-state index >= 15 is 0 Å². The molecule has 1 aliphatic carbocycles. The number of hydrogen-bond acceptors (Lipinski definition) is 7. The second-order valence-corrected chi connectivity index (χ2v) is 11.7. The molecule has 0 N–H and O–H groups in total. The molecular formula is C28H27ClF2N2O6S. The molecule has 0 saturated heterocycles. The van der Waals surface area contributed by atoms with E-state index in [1.807, 2.05) is 0 Å². The van der Waals surface area contributed by atoms with Gasteiger partial charge in [-0.15, -0.1) is 0 Å². The number of benzene rings is 3. The van der Waals surface area contributed by atoms with Crippen molar-refractivity contribution in [2.75, 3.05) is 25.1 Å². The van der Waals surface area contributed by atoms with Crippen LogP contribution in [0.5, 0.6) is 17.2 Å². The summed E-state index contributed by atoms with van der Waals surface area (Å²) in [4.78, 5) is -0.736. The number of sulfonamides is 1. The fourth-order valence-corrected chi connectivity index (χ4v) is 6.49. The second-order valence-electron chi connectivity index (χ2n) is 9.51. The van der Waals surface area contributed by atoms with E-state index in [1.165, 1.54) is 33.1 Å². The Balaban J connectivity index is 1.59. The van der Waals surface area contributed by atoms with Crippen molar-refractivity contribution in [3.8, 4) is 17.2 Å². The molecule has 4 aromatic rings. The quantitative estimate of drug-likeness (QED) is 0.201. The predicted octanol–water partition coefficient (Wildman–Crippen LogP) is 6.74. The molecule has 0 amide bonds. The minimum absolute atomic E-state index is 0.138. The van der Waals surface area contributed by atoms with Gasteiger partial charge in [0.25, 0.3) is 10.0 Å². The van der Waals surface area contributed by atoms with Gasteiger partial charge in [-0.05, 0) is 49.1 Å². The molecule has 0 atom stereocenters. The van der Waals surface area contributed by atoms with Gasteiger partial charge in [0.15, 0.2) is 11.4 Å². The monoisotopic (exact) mass is 592 g/mol. The molecule has 8 nitrogen and oxygen atoms in total. The topological polar surface area (TPSA) is 91.1 Å². The number of nitrogens with zero attached hydrogens (tertiary/aromatic N) is 2. The summed E-state index contributed by atoms with van der Waals surface area (Å²) in [7, 11) is -1.73. The van der Waals surface area contributed by atoms with Gasteiger partial charge in [0.1, 0.15) is 33.8 Å². The summed E-state index contributed by atoms with van der Waals surface area (Å²) in [5.74, 6) is -0.650. The minimum atomic E-state index is -4.64. The third kappa shape index (κ3) is 5.53. The first kappa shape index (κ1) is 28.0. The maximum atomic E-state index is 14.8. The van der Waals surface area contributed by atoms with E-state index in [0.29, 0.717) is 41.4 Å². The van der Waals surface area contributed by atoms with Crippen LogP contribution in [0, 0.1) is 17.6 Å². The number of aromatic nitrogens is 1. The Labute approximate surface area is 235 Å². The van der Waals surface area contributed by atoms with Gasteiger partial charge >= 0.3 is 0 Å². The molecule has 1 aromatic heterocycles. The highest BCUT2D eigenvalue weighted by atomic mass is 35.5. The zero-order valence-corrected chi connectivity index (χ0v) is 23.4. The molecule has 0 radical (unpaired) electrons. The first-order valence-corrected chi connectivity index (χ1v) is 14.4. The first-order chi connectivity index (χ1) is 19.2. The molecule has 0 bridgehead atoms. The summed E-state index contributed by atoms with van der Waals surface area (Å²) in [6.07, 6.45) is 4.52. The van der Waals surface area contributed by atoms with Crippen LogP contribution in [-0.2, 0) is 16.6 Å². The number of ether oxygens (including phenoxy) is 3. The van der Waals surface area contributed by atoms with Crippen LogP contribution in [0.25, 0.3) is 11.0 Å². The third-order valence-corrected chi connectivity index (χ3v) is 9.03. The van der Waals surface area contributed by atoms with Crippen molar-refractivity contribution in [1.29, 1.82) is 0 Å². The molecule has 12 heteroatoms. The Morgan fingerprint density at radius 1 is 1.02 bits per heavy atom. The fraction of sp³-hybridized carbons (Fsp3) is 0.321. The van der Waals surface area contributed by atoms with Gasteiger partial charge in [-0.3, -0.25) is 0 Å². The largest absolute Gasteiger partial charge is 0.497 e. The van der Waals surface area contributed by atoms with Crippen molar-refractivity contribution in [3.63, 3.8) is 0 Å². The van der Waals surface area contributed by atoms with Gasteiger partial charge < -0.3 is 18.7 Å². The summed E-state index contributed by atoms with van der Waals surface area (Å²) in [5.41, 5.74) is 0.649. The van der Waals surface area contributed by atoms with Crippen molar-refractivity contribution in [1.82, 2.24) is 5.16 Å². The third-order valence-electron chi connectivity index (χ3n) is 6.96. The molecule has 1 fully saturated rings. The predicted molar refractivity (Wildman–Crippen MR) is 146 cm³/mol. The molecule has 1 saturated carbocycles. The summed E-state index contributed by atoms with van der Waals surface area (Å²) in [5, 5.41) is 4.53. The summed E-state index contributed by atoms with van der Waals surface area (Å²) < 4.78 is 79.3. The molecule has 0 unspecified atom stereocenters. The maximum Gasteiger partial charge on any atom is 0.268 e. The van der Waals surface area contributed by atoms with Crippen LogP contribution in [0.15, 0.2) is 57.9 Å². The van der Waals surface area contributed by atoms with Crippen molar-refractivity contribution < 1.29 is 35.9 Å². The molecule has 40 heavy (non-hydrogen) atoms. The van der Waals surface area contributed by atoms with Crippen LogP contribution in [-0.4, -0.2) is 34.4 Å². The lowest BCUT2D eigenvalue weighted by Crippen LogP contribution is -2.32. The van der Waals surface area contributed by atoms with Crippen LogP contribution in [0.3, 0.4) is 0 Å². The number of hydrogen-bond donors (Lipinski definition) is 0. The smallest absolute Gasteiger partial charge is 0.268 e. The molecular weight excluding hydrogens is 566 g/mol. The summed E-state index contributed by atoms with van der Waals surface area (Å²) in [6.45, 7) is 0.180. The number of halogens is 3. The average molecular weight is 593 g/mol. The van der Waals surface area contributed by atoms with Gasteiger partial charge in [0, 0.05) is 23.8 Å². The minimum Gasteiger partial charge on any atom is -0.497 e. The zero-order valence-electron chi connectivity index (χ0n) is 21.8. The highest BCUT2D eigenvalue weighted by Gasteiger charge is 2.33. The highest BCUT2D eigenvalue weighted by molar-refractivity contribution is 7.92.